The first-order valence-corrected chi connectivity index (χ1v) is 5.81. The van der Waals surface area contributed by atoms with Gasteiger partial charge < -0.3 is 9.72 Å². The first-order valence-electron chi connectivity index (χ1n) is 5.43. The van der Waals surface area contributed by atoms with Crippen molar-refractivity contribution in [2.24, 2.45) is 0 Å². The zero-order chi connectivity index (χ0) is 13.3. The first kappa shape index (κ1) is 12.6. The molecular formula is C13H12ClNO3. The van der Waals surface area contributed by atoms with Gasteiger partial charge in [-0.2, -0.15) is 0 Å². The summed E-state index contributed by atoms with van der Waals surface area (Å²) in [4.78, 5) is 25.9. The molecule has 0 radical (unpaired) electrons. The molecule has 0 saturated carbocycles. The van der Waals surface area contributed by atoms with Crippen LogP contribution in [0.2, 0.25) is 5.02 Å². The van der Waals surface area contributed by atoms with Crippen LogP contribution in [0.5, 0.6) is 0 Å². The molecule has 2 aromatic rings. The predicted octanol–water partition coefficient (Wildman–Crippen LogP) is 2.46. The standard InChI is InChI=1S/C13H12ClNO3/c1-7(13(17)18-2)9-6-12(16)15-11-4-3-8(14)5-10(9)11/h3-7H,1-2H3,(H,15,16). The van der Waals surface area contributed by atoms with Gasteiger partial charge in [-0.25, -0.2) is 0 Å². The highest BCUT2D eigenvalue weighted by Crippen LogP contribution is 2.26. The summed E-state index contributed by atoms with van der Waals surface area (Å²) in [5, 5.41) is 1.30. The van der Waals surface area contributed by atoms with Gasteiger partial charge in [-0.15, -0.1) is 0 Å². The number of esters is 1. The van der Waals surface area contributed by atoms with Gasteiger partial charge in [0.05, 0.1) is 13.0 Å². The third-order valence-electron chi connectivity index (χ3n) is 2.86. The summed E-state index contributed by atoms with van der Waals surface area (Å²) < 4.78 is 4.70. The second-order valence-electron chi connectivity index (χ2n) is 4.02. The van der Waals surface area contributed by atoms with Gasteiger partial charge in [-0.1, -0.05) is 11.6 Å². The lowest BCUT2D eigenvalue weighted by Gasteiger charge is -2.12. The lowest BCUT2D eigenvalue weighted by atomic mass is 9.97. The number of fused-ring (bicyclic) bond motifs is 1. The number of carbonyl (C=O) groups excluding carboxylic acids is 1. The number of aromatic nitrogens is 1. The molecule has 1 atom stereocenters. The molecule has 0 saturated heterocycles. The van der Waals surface area contributed by atoms with E-state index in [1.807, 2.05) is 0 Å². The van der Waals surface area contributed by atoms with Crippen molar-refractivity contribution in [2.45, 2.75) is 12.8 Å². The predicted molar refractivity (Wildman–Crippen MR) is 70.0 cm³/mol. The van der Waals surface area contributed by atoms with E-state index in [-0.39, 0.29) is 11.5 Å². The number of hydrogen-bond acceptors (Lipinski definition) is 3. The summed E-state index contributed by atoms with van der Waals surface area (Å²) in [6.07, 6.45) is 0. The van der Waals surface area contributed by atoms with Crippen molar-refractivity contribution in [1.29, 1.82) is 0 Å². The molecule has 0 aliphatic carbocycles. The van der Waals surface area contributed by atoms with Crippen LogP contribution in [0.3, 0.4) is 0 Å². The number of benzene rings is 1. The second kappa shape index (κ2) is 4.82. The summed E-state index contributed by atoms with van der Waals surface area (Å²) in [5.41, 5.74) is 1.01. The third-order valence-corrected chi connectivity index (χ3v) is 3.09. The maximum Gasteiger partial charge on any atom is 0.312 e. The highest BCUT2D eigenvalue weighted by molar-refractivity contribution is 6.31. The topological polar surface area (TPSA) is 59.2 Å². The summed E-state index contributed by atoms with van der Waals surface area (Å²) in [5.74, 6) is -0.903. The molecule has 1 aromatic heterocycles. The molecule has 0 aliphatic rings. The summed E-state index contributed by atoms with van der Waals surface area (Å²) in [6.45, 7) is 1.70. The maximum atomic E-state index is 11.6. The molecule has 0 fully saturated rings. The van der Waals surface area contributed by atoms with Crippen LogP contribution in [0.4, 0.5) is 0 Å². The molecule has 5 heteroatoms. The first-order chi connectivity index (χ1) is 8.52. The van der Waals surface area contributed by atoms with Crippen LogP contribution >= 0.6 is 11.6 Å². The number of hydrogen-bond donors (Lipinski definition) is 1. The molecular weight excluding hydrogens is 254 g/mol. The van der Waals surface area contributed by atoms with Crippen LogP contribution in [0.25, 0.3) is 10.9 Å². The molecule has 0 aliphatic heterocycles. The van der Waals surface area contributed by atoms with Gasteiger partial charge in [0, 0.05) is 22.0 Å². The van der Waals surface area contributed by atoms with E-state index in [1.165, 1.54) is 13.2 Å². The fourth-order valence-electron chi connectivity index (χ4n) is 1.91. The van der Waals surface area contributed by atoms with Gasteiger partial charge in [-0.05, 0) is 30.7 Å². The minimum absolute atomic E-state index is 0.254. The minimum atomic E-state index is -0.515. The zero-order valence-corrected chi connectivity index (χ0v) is 10.7. The monoisotopic (exact) mass is 265 g/mol. The Labute approximate surface area is 109 Å². The molecule has 0 bridgehead atoms. The van der Waals surface area contributed by atoms with E-state index in [9.17, 15) is 9.59 Å². The van der Waals surface area contributed by atoms with Gasteiger partial charge in [0.2, 0.25) is 5.56 Å². The van der Waals surface area contributed by atoms with Crippen LogP contribution in [-0.2, 0) is 9.53 Å². The van der Waals surface area contributed by atoms with Crippen molar-refractivity contribution >= 4 is 28.5 Å². The Morgan fingerprint density at radius 1 is 1.39 bits per heavy atom. The smallest absolute Gasteiger partial charge is 0.312 e. The summed E-state index contributed by atoms with van der Waals surface area (Å²) in [6, 6.07) is 6.53. The maximum absolute atomic E-state index is 11.6. The Morgan fingerprint density at radius 3 is 2.78 bits per heavy atom. The van der Waals surface area contributed by atoms with E-state index in [0.29, 0.717) is 16.1 Å². The van der Waals surface area contributed by atoms with Crippen molar-refractivity contribution in [3.05, 3.63) is 45.2 Å². The molecule has 1 heterocycles. The van der Waals surface area contributed by atoms with E-state index in [1.54, 1.807) is 25.1 Å². The largest absolute Gasteiger partial charge is 0.469 e. The van der Waals surface area contributed by atoms with Gasteiger partial charge in [0.25, 0.3) is 0 Å². The number of pyridine rings is 1. The van der Waals surface area contributed by atoms with E-state index < -0.39 is 5.92 Å². The molecule has 0 spiro atoms. The molecule has 94 valence electrons. The quantitative estimate of drug-likeness (QED) is 0.849. The van der Waals surface area contributed by atoms with Crippen LogP contribution in [-0.4, -0.2) is 18.1 Å². The number of halogens is 1. The summed E-state index contributed by atoms with van der Waals surface area (Å²) in [7, 11) is 1.32. The van der Waals surface area contributed by atoms with E-state index in [2.05, 4.69) is 4.98 Å². The molecule has 1 N–H and O–H groups in total. The van der Waals surface area contributed by atoms with Crippen molar-refractivity contribution < 1.29 is 9.53 Å². The Morgan fingerprint density at radius 2 is 2.11 bits per heavy atom. The summed E-state index contributed by atoms with van der Waals surface area (Å²) >= 11 is 5.94. The van der Waals surface area contributed by atoms with E-state index in [0.717, 1.165) is 5.39 Å². The van der Waals surface area contributed by atoms with Gasteiger partial charge in [-0.3, -0.25) is 9.59 Å². The Kier molecular flexibility index (Phi) is 3.39. The minimum Gasteiger partial charge on any atom is -0.469 e. The number of rotatable bonds is 2. The normalized spacial score (nSPS) is 12.4. The number of methoxy groups -OCH3 is 1. The number of nitrogens with one attached hydrogen (secondary N) is 1. The van der Waals surface area contributed by atoms with Gasteiger partial charge in [0.1, 0.15) is 0 Å². The average molecular weight is 266 g/mol. The lowest BCUT2D eigenvalue weighted by molar-refractivity contribution is -0.141. The fraction of sp³-hybridized carbons (Fsp3) is 0.231. The van der Waals surface area contributed by atoms with Gasteiger partial charge >= 0.3 is 5.97 Å². The SMILES string of the molecule is COC(=O)C(C)c1cc(=O)[nH]c2ccc(Cl)cc12. The Bertz CT molecular complexity index is 663. The lowest BCUT2D eigenvalue weighted by Crippen LogP contribution is -2.15. The second-order valence-corrected chi connectivity index (χ2v) is 4.46. The van der Waals surface area contributed by atoms with E-state index in [4.69, 9.17) is 16.3 Å². The number of carbonyl (C=O) groups is 1. The zero-order valence-electron chi connectivity index (χ0n) is 9.99. The van der Waals surface area contributed by atoms with Crippen molar-refractivity contribution in [2.75, 3.05) is 7.11 Å². The van der Waals surface area contributed by atoms with Crippen LogP contribution in [0.15, 0.2) is 29.1 Å². The van der Waals surface area contributed by atoms with Crippen molar-refractivity contribution in [3.63, 3.8) is 0 Å². The molecule has 2 rings (SSSR count). The molecule has 4 nitrogen and oxygen atoms in total. The number of aromatic amines is 1. The third kappa shape index (κ3) is 2.24. The highest BCUT2D eigenvalue weighted by Gasteiger charge is 2.19. The van der Waals surface area contributed by atoms with Crippen molar-refractivity contribution in [3.8, 4) is 0 Å². The number of H-pyrrole nitrogens is 1. The average Bonchev–Trinajstić information content (AvgIpc) is 2.36. The highest BCUT2D eigenvalue weighted by atomic mass is 35.5. The van der Waals surface area contributed by atoms with Crippen LogP contribution < -0.4 is 5.56 Å². The molecule has 1 unspecified atom stereocenters. The molecule has 1 aromatic carbocycles. The Balaban J connectivity index is 2.72. The molecule has 0 amide bonds. The van der Waals surface area contributed by atoms with Gasteiger partial charge in [0.15, 0.2) is 0 Å². The van der Waals surface area contributed by atoms with Crippen LogP contribution in [0, 0.1) is 0 Å². The molecule has 18 heavy (non-hydrogen) atoms. The fourth-order valence-corrected chi connectivity index (χ4v) is 2.09. The van der Waals surface area contributed by atoms with Crippen molar-refractivity contribution in [1.82, 2.24) is 4.98 Å². The van der Waals surface area contributed by atoms with Crippen LogP contribution in [0.1, 0.15) is 18.4 Å². The Hall–Kier alpha value is -1.81. The number of ether oxygens (including phenoxy) is 1. The van der Waals surface area contributed by atoms with E-state index >= 15 is 0 Å².